The molecule has 0 bridgehead atoms. The molecular weight excluding hydrogens is 294 g/mol. The van der Waals surface area contributed by atoms with Crippen LogP contribution in [0.1, 0.15) is 6.42 Å². The molecule has 0 aliphatic carbocycles. The van der Waals surface area contributed by atoms with Crippen molar-refractivity contribution in [3.8, 4) is 11.5 Å². The number of anilines is 1. The zero-order valence-corrected chi connectivity index (χ0v) is 12.0. The molecule has 7 heteroatoms. The van der Waals surface area contributed by atoms with Crippen molar-refractivity contribution in [2.45, 2.75) is 13.0 Å². The fraction of sp³-hybridized carbons (Fsp3) is 0.286. The third-order valence-corrected chi connectivity index (χ3v) is 3.13. The minimum absolute atomic E-state index is 0.0984. The van der Waals surface area contributed by atoms with Crippen LogP contribution in [0.2, 0.25) is 5.02 Å². The van der Waals surface area contributed by atoms with Gasteiger partial charge in [0.1, 0.15) is 6.54 Å². The van der Waals surface area contributed by atoms with E-state index in [1.54, 1.807) is 24.4 Å². The summed E-state index contributed by atoms with van der Waals surface area (Å²) in [5, 5.41) is 7.25. The average Bonchev–Trinajstić information content (AvgIpc) is 2.73. The first-order valence-electron chi connectivity index (χ1n) is 6.58. The van der Waals surface area contributed by atoms with Crippen LogP contribution in [0, 0.1) is 0 Å². The Morgan fingerprint density at radius 2 is 2.14 bits per heavy atom. The number of rotatable bonds is 3. The first kappa shape index (κ1) is 13.8. The van der Waals surface area contributed by atoms with Crippen molar-refractivity contribution in [1.82, 2.24) is 9.78 Å². The van der Waals surface area contributed by atoms with Crippen molar-refractivity contribution in [2.75, 3.05) is 18.5 Å². The molecule has 1 aliphatic heterocycles. The van der Waals surface area contributed by atoms with Crippen molar-refractivity contribution in [2.24, 2.45) is 0 Å². The molecule has 0 saturated heterocycles. The van der Waals surface area contributed by atoms with E-state index in [1.807, 2.05) is 0 Å². The van der Waals surface area contributed by atoms with Gasteiger partial charge in [-0.2, -0.15) is 5.10 Å². The number of amides is 1. The average molecular weight is 308 g/mol. The minimum atomic E-state index is -0.191. The fourth-order valence-electron chi connectivity index (χ4n) is 2.01. The van der Waals surface area contributed by atoms with Crippen molar-refractivity contribution in [3.05, 3.63) is 35.6 Å². The highest BCUT2D eigenvalue weighted by molar-refractivity contribution is 6.30. The second-order valence-corrected chi connectivity index (χ2v) is 5.05. The number of fused-ring (bicyclic) bond motifs is 1. The zero-order valence-electron chi connectivity index (χ0n) is 11.2. The standard InChI is InChI=1S/C14H14ClN3O3/c15-10-7-16-18(8-10)9-14(19)17-11-2-3-12-13(6-11)21-5-1-4-20-12/h2-3,6-8H,1,4-5,9H2,(H,17,19). The second kappa shape index (κ2) is 6.05. The van der Waals surface area contributed by atoms with E-state index in [0.29, 0.717) is 35.4 Å². The van der Waals surface area contributed by atoms with Gasteiger partial charge < -0.3 is 14.8 Å². The SMILES string of the molecule is O=C(Cn1cc(Cl)cn1)Nc1ccc2c(c1)OCCCO2. The molecule has 0 unspecified atom stereocenters. The van der Waals surface area contributed by atoms with Gasteiger partial charge in [0, 0.05) is 24.4 Å². The predicted molar refractivity (Wildman–Crippen MR) is 77.9 cm³/mol. The lowest BCUT2D eigenvalue weighted by atomic mass is 10.2. The molecule has 3 rings (SSSR count). The number of benzene rings is 1. The zero-order chi connectivity index (χ0) is 14.7. The van der Waals surface area contributed by atoms with Crippen molar-refractivity contribution >= 4 is 23.2 Å². The number of carbonyl (C=O) groups is 1. The summed E-state index contributed by atoms with van der Waals surface area (Å²) in [6.07, 6.45) is 3.92. The molecule has 0 atom stereocenters. The van der Waals surface area contributed by atoms with E-state index < -0.39 is 0 Å². The maximum Gasteiger partial charge on any atom is 0.246 e. The Balaban J connectivity index is 1.67. The van der Waals surface area contributed by atoms with Crippen LogP contribution in [0.5, 0.6) is 11.5 Å². The predicted octanol–water partition coefficient (Wildman–Crippen LogP) is 2.34. The number of carbonyl (C=O) groups excluding carboxylic acids is 1. The molecule has 6 nitrogen and oxygen atoms in total. The van der Waals surface area contributed by atoms with Crippen molar-refractivity contribution in [1.29, 1.82) is 0 Å². The Morgan fingerprint density at radius 1 is 1.33 bits per heavy atom. The van der Waals surface area contributed by atoms with Crippen LogP contribution in [-0.4, -0.2) is 28.9 Å². The van der Waals surface area contributed by atoms with Crippen LogP contribution in [-0.2, 0) is 11.3 Å². The Hall–Kier alpha value is -2.21. The number of nitrogens with one attached hydrogen (secondary N) is 1. The summed E-state index contributed by atoms with van der Waals surface area (Å²) in [4.78, 5) is 11.9. The number of ether oxygens (including phenoxy) is 2. The Bertz CT molecular complexity index is 657. The largest absolute Gasteiger partial charge is 0.490 e. The third-order valence-electron chi connectivity index (χ3n) is 2.94. The van der Waals surface area contributed by atoms with Crippen LogP contribution in [0.4, 0.5) is 5.69 Å². The maximum absolute atomic E-state index is 11.9. The maximum atomic E-state index is 11.9. The monoisotopic (exact) mass is 307 g/mol. The van der Waals surface area contributed by atoms with Gasteiger partial charge in [0.05, 0.1) is 24.4 Å². The number of nitrogens with zero attached hydrogens (tertiary/aromatic N) is 2. The summed E-state index contributed by atoms with van der Waals surface area (Å²) >= 11 is 5.75. The molecule has 0 spiro atoms. The number of hydrogen-bond acceptors (Lipinski definition) is 4. The quantitative estimate of drug-likeness (QED) is 0.945. The second-order valence-electron chi connectivity index (χ2n) is 4.62. The molecule has 1 aromatic heterocycles. The van der Waals surface area contributed by atoms with Gasteiger partial charge in [-0.3, -0.25) is 9.48 Å². The smallest absolute Gasteiger partial charge is 0.246 e. The molecule has 2 aromatic rings. The Labute approximate surface area is 126 Å². The molecule has 1 amide bonds. The van der Waals surface area contributed by atoms with Gasteiger partial charge >= 0.3 is 0 Å². The number of halogens is 1. The summed E-state index contributed by atoms with van der Waals surface area (Å²) in [5.41, 5.74) is 0.655. The van der Waals surface area contributed by atoms with Gasteiger partial charge in [-0.1, -0.05) is 11.6 Å². The van der Waals surface area contributed by atoms with Gasteiger partial charge in [0.2, 0.25) is 5.91 Å². The normalized spacial score (nSPS) is 13.6. The molecule has 0 fully saturated rings. The summed E-state index contributed by atoms with van der Waals surface area (Å²) in [7, 11) is 0. The van der Waals surface area contributed by atoms with Crippen LogP contribution >= 0.6 is 11.6 Å². The van der Waals surface area contributed by atoms with Gasteiger partial charge in [-0.15, -0.1) is 0 Å². The molecule has 21 heavy (non-hydrogen) atoms. The Morgan fingerprint density at radius 3 is 2.90 bits per heavy atom. The lowest BCUT2D eigenvalue weighted by Crippen LogP contribution is -2.19. The molecule has 1 aromatic carbocycles. The van der Waals surface area contributed by atoms with Gasteiger partial charge in [0.15, 0.2) is 11.5 Å². The topological polar surface area (TPSA) is 65.4 Å². The van der Waals surface area contributed by atoms with E-state index in [2.05, 4.69) is 10.4 Å². The lowest BCUT2D eigenvalue weighted by Gasteiger charge is -2.10. The number of aromatic nitrogens is 2. The first-order chi connectivity index (χ1) is 10.2. The van der Waals surface area contributed by atoms with E-state index in [0.717, 1.165) is 6.42 Å². The molecule has 0 saturated carbocycles. The molecule has 110 valence electrons. The summed E-state index contributed by atoms with van der Waals surface area (Å²) in [6.45, 7) is 1.34. The van der Waals surface area contributed by atoms with Crippen molar-refractivity contribution in [3.63, 3.8) is 0 Å². The van der Waals surface area contributed by atoms with Crippen LogP contribution in [0.3, 0.4) is 0 Å². The van der Waals surface area contributed by atoms with Gasteiger partial charge in [-0.25, -0.2) is 0 Å². The highest BCUT2D eigenvalue weighted by Gasteiger charge is 2.12. The molecule has 1 aliphatic rings. The first-order valence-corrected chi connectivity index (χ1v) is 6.96. The molecule has 2 heterocycles. The molecule has 0 radical (unpaired) electrons. The summed E-state index contributed by atoms with van der Waals surface area (Å²) < 4.78 is 12.6. The van der Waals surface area contributed by atoms with Crippen LogP contribution in [0.15, 0.2) is 30.6 Å². The third kappa shape index (κ3) is 3.46. The van der Waals surface area contributed by atoms with Gasteiger partial charge in [-0.05, 0) is 12.1 Å². The Kier molecular flexibility index (Phi) is 3.96. The highest BCUT2D eigenvalue weighted by Crippen LogP contribution is 2.32. The summed E-state index contributed by atoms with van der Waals surface area (Å²) in [6, 6.07) is 5.33. The van der Waals surface area contributed by atoms with E-state index in [4.69, 9.17) is 21.1 Å². The van der Waals surface area contributed by atoms with Crippen LogP contribution < -0.4 is 14.8 Å². The van der Waals surface area contributed by atoms with Crippen molar-refractivity contribution < 1.29 is 14.3 Å². The lowest BCUT2D eigenvalue weighted by molar-refractivity contribution is -0.116. The fourth-order valence-corrected chi connectivity index (χ4v) is 2.17. The minimum Gasteiger partial charge on any atom is -0.490 e. The highest BCUT2D eigenvalue weighted by atomic mass is 35.5. The summed E-state index contributed by atoms with van der Waals surface area (Å²) in [5.74, 6) is 1.15. The number of hydrogen-bond donors (Lipinski definition) is 1. The van der Waals surface area contributed by atoms with E-state index in [-0.39, 0.29) is 12.5 Å². The van der Waals surface area contributed by atoms with E-state index >= 15 is 0 Å². The van der Waals surface area contributed by atoms with Gasteiger partial charge in [0.25, 0.3) is 0 Å². The van der Waals surface area contributed by atoms with E-state index in [1.165, 1.54) is 10.9 Å². The molecule has 1 N–H and O–H groups in total. The molecular formula is C14H14ClN3O3. The van der Waals surface area contributed by atoms with Crippen LogP contribution in [0.25, 0.3) is 0 Å². The van der Waals surface area contributed by atoms with E-state index in [9.17, 15) is 4.79 Å².